The average molecular weight is 304 g/mol. The molecule has 2 N–H and O–H groups in total. The predicted octanol–water partition coefficient (Wildman–Crippen LogP) is 1.99. The molecule has 1 atom stereocenters. The quantitative estimate of drug-likeness (QED) is 0.897. The van der Waals surface area contributed by atoms with Gasteiger partial charge in [0.15, 0.2) is 0 Å². The molecular formula is C13H19Cl2N3O. The number of piperazine rings is 1. The summed E-state index contributed by atoms with van der Waals surface area (Å²) in [6.07, 6.45) is 0. The van der Waals surface area contributed by atoms with Gasteiger partial charge in [-0.2, -0.15) is 0 Å². The predicted molar refractivity (Wildman–Crippen MR) is 81.2 cm³/mol. The molecule has 19 heavy (non-hydrogen) atoms. The molecule has 1 aliphatic rings. The van der Waals surface area contributed by atoms with Gasteiger partial charge >= 0.3 is 0 Å². The Morgan fingerprint density at radius 3 is 2.79 bits per heavy atom. The number of hydrogen-bond acceptors (Lipinski definition) is 3. The Hall–Kier alpha value is -0.810. The molecule has 1 amide bonds. The standard InChI is InChI=1S/C13H18ClN3O.ClH/c1-10-8-15-6-7-17(10)9-13(18)16-12-4-2-11(14)3-5-12;/h2-5,10,15H,6-9H2,1H3,(H,16,18);1H/t10-;/m0./s1. The zero-order valence-electron chi connectivity index (χ0n) is 10.9. The first-order valence-electron chi connectivity index (χ1n) is 6.15. The van der Waals surface area contributed by atoms with Gasteiger partial charge < -0.3 is 10.6 Å². The molecular weight excluding hydrogens is 285 g/mol. The molecule has 0 saturated carbocycles. The first-order chi connectivity index (χ1) is 8.65. The Kier molecular flexibility index (Phi) is 6.58. The smallest absolute Gasteiger partial charge is 0.238 e. The number of carbonyl (C=O) groups excluding carboxylic acids is 1. The number of benzene rings is 1. The maximum atomic E-state index is 11.9. The van der Waals surface area contributed by atoms with E-state index in [2.05, 4.69) is 22.5 Å². The molecule has 6 heteroatoms. The highest BCUT2D eigenvalue weighted by Gasteiger charge is 2.20. The lowest BCUT2D eigenvalue weighted by Crippen LogP contribution is -2.51. The number of nitrogens with zero attached hydrogens (tertiary/aromatic N) is 1. The van der Waals surface area contributed by atoms with Crippen LogP contribution in [0.25, 0.3) is 0 Å². The second-order valence-corrected chi connectivity index (χ2v) is 5.02. The number of amides is 1. The molecule has 1 fully saturated rings. The highest BCUT2D eigenvalue weighted by atomic mass is 35.5. The largest absolute Gasteiger partial charge is 0.325 e. The number of anilines is 1. The average Bonchev–Trinajstić information content (AvgIpc) is 2.35. The van der Waals surface area contributed by atoms with E-state index < -0.39 is 0 Å². The fourth-order valence-electron chi connectivity index (χ4n) is 2.04. The minimum atomic E-state index is 0. The normalized spacial score (nSPS) is 19.6. The Morgan fingerprint density at radius 1 is 1.47 bits per heavy atom. The fraction of sp³-hybridized carbons (Fsp3) is 0.462. The third kappa shape index (κ3) is 4.99. The summed E-state index contributed by atoms with van der Waals surface area (Å²) in [6.45, 7) is 5.36. The summed E-state index contributed by atoms with van der Waals surface area (Å²) in [5.74, 6) is 0.0195. The Morgan fingerprint density at radius 2 is 2.16 bits per heavy atom. The van der Waals surface area contributed by atoms with Crippen molar-refractivity contribution < 1.29 is 4.79 Å². The van der Waals surface area contributed by atoms with Crippen molar-refractivity contribution >= 4 is 35.6 Å². The summed E-state index contributed by atoms with van der Waals surface area (Å²) in [6, 6.07) is 7.55. The number of carbonyl (C=O) groups is 1. The van der Waals surface area contributed by atoms with Crippen LogP contribution in [0.4, 0.5) is 5.69 Å². The van der Waals surface area contributed by atoms with E-state index in [1.807, 2.05) is 0 Å². The lowest BCUT2D eigenvalue weighted by atomic mass is 10.2. The van der Waals surface area contributed by atoms with Gasteiger partial charge in [-0.1, -0.05) is 11.6 Å². The van der Waals surface area contributed by atoms with Crippen LogP contribution in [0.2, 0.25) is 5.02 Å². The van der Waals surface area contributed by atoms with Crippen LogP contribution in [-0.2, 0) is 4.79 Å². The van der Waals surface area contributed by atoms with Crippen LogP contribution < -0.4 is 10.6 Å². The van der Waals surface area contributed by atoms with Gasteiger partial charge in [0.2, 0.25) is 5.91 Å². The molecule has 0 spiro atoms. The molecule has 0 aromatic heterocycles. The second-order valence-electron chi connectivity index (χ2n) is 4.58. The molecule has 0 bridgehead atoms. The molecule has 0 radical (unpaired) electrons. The van der Waals surface area contributed by atoms with Crippen molar-refractivity contribution in [1.29, 1.82) is 0 Å². The maximum Gasteiger partial charge on any atom is 0.238 e. The molecule has 1 saturated heterocycles. The molecule has 1 aromatic carbocycles. The number of rotatable bonds is 3. The summed E-state index contributed by atoms with van der Waals surface area (Å²) in [5, 5.41) is 6.85. The second kappa shape index (κ2) is 7.70. The molecule has 1 aliphatic heterocycles. The van der Waals surface area contributed by atoms with Gasteiger partial charge in [0.05, 0.1) is 6.54 Å². The van der Waals surface area contributed by atoms with E-state index in [0.717, 1.165) is 25.3 Å². The molecule has 2 rings (SSSR count). The third-order valence-electron chi connectivity index (χ3n) is 3.11. The van der Waals surface area contributed by atoms with Crippen LogP contribution in [0.1, 0.15) is 6.92 Å². The van der Waals surface area contributed by atoms with Crippen LogP contribution in [0.3, 0.4) is 0 Å². The molecule has 4 nitrogen and oxygen atoms in total. The zero-order valence-corrected chi connectivity index (χ0v) is 12.4. The highest BCUT2D eigenvalue weighted by Crippen LogP contribution is 2.13. The van der Waals surface area contributed by atoms with Crippen molar-refractivity contribution in [2.24, 2.45) is 0 Å². The molecule has 0 aliphatic carbocycles. The zero-order chi connectivity index (χ0) is 13.0. The Labute approximate surface area is 124 Å². The van der Waals surface area contributed by atoms with Gasteiger partial charge in [-0.05, 0) is 31.2 Å². The van der Waals surface area contributed by atoms with E-state index in [1.165, 1.54) is 0 Å². The van der Waals surface area contributed by atoms with E-state index in [1.54, 1.807) is 24.3 Å². The summed E-state index contributed by atoms with van der Waals surface area (Å²) in [7, 11) is 0. The molecule has 1 aromatic rings. The van der Waals surface area contributed by atoms with Crippen LogP contribution in [-0.4, -0.2) is 43.0 Å². The van der Waals surface area contributed by atoms with Gasteiger partial charge in [-0.25, -0.2) is 0 Å². The van der Waals surface area contributed by atoms with E-state index in [4.69, 9.17) is 11.6 Å². The molecule has 1 heterocycles. The summed E-state index contributed by atoms with van der Waals surface area (Å²) in [5.41, 5.74) is 0.784. The van der Waals surface area contributed by atoms with Crippen molar-refractivity contribution in [1.82, 2.24) is 10.2 Å². The van der Waals surface area contributed by atoms with Gasteiger partial charge in [0.1, 0.15) is 0 Å². The number of nitrogens with one attached hydrogen (secondary N) is 2. The third-order valence-corrected chi connectivity index (χ3v) is 3.37. The SMILES string of the molecule is C[C@H]1CNCCN1CC(=O)Nc1ccc(Cl)cc1.Cl. The monoisotopic (exact) mass is 303 g/mol. The highest BCUT2D eigenvalue weighted by molar-refractivity contribution is 6.30. The molecule has 106 valence electrons. The van der Waals surface area contributed by atoms with Crippen molar-refractivity contribution in [3.63, 3.8) is 0 Å². The lowest BCUT2D eigenvalue weighted by molar-refractivity contribution is -0.118. The van der Waals surface area contributed by atoms with Gasteiger partial charge in [-0.15, -0.1) is 12.4 Å². The molecule has 0 unspecified atom stereocenters. The summed E-state index contributed by atoms with van der Waals surface area (Å²) >= 11 is 5.80. The van der Waals surface area contributed by atoms with E-state index in [-0.39, 0.29) is 18.3 Å². The Balaban J connectivity index is 0.00000180. The lowest BCUT2D eigenvalue weighted by Gasteiger charge is -2.33. The first kappa shape index (κ1) is 16.2. The van der Waals surface area contributed by atoms with Crippen LogP contribution in [0.15, 0.2) is 24.3 Å². The minimum absolute atomic E-state index is 0. The van der Waals surface area contributed by atoms with Crippen molar-refractivity contribution in [3.05, 3.63) is 29.3 Å². The van der Waals surface area contributed by atoms with Gasteiger partial charge in [-0.3, -0.25) is 9.69 Å². The van der Waals surface area contributed by atoms with Gasteiger partial charge in [0, 0.05) is 36.4 Å². The number of hydrogen-bond donors (Lipinski definition) is 2. The van der Waals surface area contributed by atoms with Gasteiger partial charge in [0.25, 0.3) is 0 Å². The van der Waals surface area contributed by atoms with E-state index in [0.29, 0.717) is 17.6 Å². The number of halogens is 2. The fourth-order valence-corrected chi connectivity index (χ4v) is 2.16. The maximum absolute atomic E-state index is 11.9. The first-order valence-corrected chi connectivity index (χ1v) is 6.53. The van der Waals surface area contributed by atoms with Crippen LogP contribution in [0, 0.1) is 0 Å². The van der Waals surface area contributed by atoms with E-state index >= 15 is 0 Å². The Bertz CT molecular complexity index is 411. The minimum Gasteiger partial charge on any atom is -0.325 e. The van der Waals surface area contributed by atoms with Crippen molar-refractivity contribution in [2.75, 3.05) is 31.5 Å². The summed E-state index contributed by atoms with van der Waals surface area (Å²) < 4.78 is 0. The van der Waals surface area contributed by atoms with Crippen molar-refractivity contribution in [3.8, 4) is 0 Å². The summed E-state index contributed by atoms with van der Waals surface area (Å²) in [4.78, 5) is 14.1. The van der Waals surface area contributed by atoms with E-state index in [9.17, 15) is 4.79 Å². The van der Waals surface area contributed by atoms with Crippen LogP contribution in [0.5, 0.6) is 0 Å². The topological polar surface area (TPSA) is 44.4 Å². The van der Waals surface area contributed by atoms with Crippen molar-refractivity contribution in [2.45, 2.75) is 13.0 Å². The van der Waals surface area contributed by atoms with Crippen LogP contribution >= 0.6 is 24.0 Å².